The summed E-state index contributed by atoms with van der Waals surface area (Å²) in [6.07, 6.45) is -0.540. The van der Waals surface area contributed by atoms with Crippen molar-refractivity contribution < 1.29 is 28.6 Å². The molecule has 1 N–H and O–H groups in total. The van der Waals surface area contributed by atoms with Gasteiger partial charge < -0.3 is 19.5 Å². The van der Waals surface area contributed by atoms with E-state index >= 15 is 0 Å². The molecule has 0 saturated carbocycles. The van der Waals surface area contributed by atoms with E-state index in [2.05, 4.69) is 5.32 Å². The van der Waals surface area contributed by atoms with E-state index in [4.69, 9.17) is 14.2 Å². The molecule has 0 radical (unpaired) electrons. The largest absolute Gasteiger partial charge is 0.497 e. The molecule has 0 aliphatic heterocycles. The van der Waals surface area contributed by atoms with Gasteiger partial charge in [-0.2, -0.15) is 0 Å². The van der Waals surface area contributed by atoms with Gasteiger partial charge in [0, 0.05) is 12.0 Å². The number of carbonyl (C=O) groups excluding carboxylic acids is 3. The third-order valence-corrected chi connectivity index (χ3v) is 3.33. The van der Waals surface area contributed by atoms with Crippen LogP contribution in [0.25, 0.3) is 0 Å². The van der Waals surface area contributed by atoms with Gasteiger partial charge in [0.05, 0.1) is 13.7 Å². The predicted octanol–water partition coefficient (Wildman–Crippen LogP) is 3.11. The second-order valence-corrected chi connectivity index (χ2v) is 6.64. The Kier molecular flexibility index (Phi) is 8.09. The van der Waals surface area contributed by atoms with Gasteiger partial charge in [-0.05, 0) is 58.4 Å². The molecule has 0 spiro atoms. The molecule has 0 aromatic heterocycles. The third-order valence-electron chi connectivity index (χ3n) is 3.33. The van der Waals surface area contributed by atoms with Crippen molar-refractivity contribution >= 4 is 17.8 Å². The van der Waals surface area contributed by atoms with Crippen molar-refractivity contribution in [3.05, 3.63) is 29.8 Å². The zero-order chi connectivity index (χ0) is 19.7. The molecule has 1 amide bonds. The van der Waals surface area contributed by atoms with Crippen molar-refractivity contribution in [2.24, 2.45) is 0 Å². The van der Waals surface area contributed by atoms with Crippen LogP contribution in [0.4, 0.5) is 4.79 Å². The number of carbonyl (C=O) groups is 3. The first kappa shape index (κ1) is 21.5. The highest BCUT2D eigenvalue weighted by Gasteiger charge is 2.26. The number of alkyl carbamates (subject to hydrolysis) is 1. The van der Waals surface area contributed by atoms with E-state index in [1.54, 1.807) is 59.1 Å². The summed E-state index contributed by atoms with van der Waals surface area (Å²) >= 11 is 0. The lowest BCUT2D eigenvalue weighted by Crippen LogP contribution is -2.44. The van der Waals surface area contributed by atoms with Crippen LogP contribution in [0.3, 0.4) is 0 Å². The average Bonchev–Trinajstić information content (AvgIpc) is 2.57. The van der Waals surface area contributed by atoms with Crippen molar-refractivity contribution in [2.75, 3.05) is 13.7 Å². The molecule has 1 aromatic rings. The number of amides is 1. The van der Waals surface area contributed by atoms with Crippen LogP contribution < -0.4 is 10.1 Å². The number of ether oxygens (including phenoxy) is 3. The molecule has 0 bridgehead atoms. The molecule has 1 rings (SSSR count). The fourth-order valence-corrected chi connectivity index (χ4v) is 2.14. The maximum absolute atomic E-state index is 12.3. The number of Topliss-reactive ketones (excluding diaryl/α,β-unsaturated/α-hetero) is 1. The number of hydrogen-bond donors (Lipinski definition) is 1. The summed E-state index contributed by atoms with van der Waals surface area (Å²) in [4.78, 5) is 36.3. The van der Waals surface area contributed by atoms with E-state index < -0.39 is 23.7 Å². The Morgan fingerprint density at radius 3 is 2.23 bits per heavy atom. The number of rotatable bonds is 8. The molecule has 144 valence electrons. The molecule has 7 nitrogen and oxygen atoms in total. The second kappa shape index (κ2) is 9.79. The van der Waals surface area contributed by atoms with Crippen molar-refractivity contribution in [1.29, 1.82) is 0 Å². The standard InChI is InChI=1S/C19H27NO6/c1-6-25-17(22)15(20-18(23)26-19(2,3)4)11-12-16(21)13-7-9-14(24-5)10-8-13/h7-10,15H,6,11-12H2,1-5H3,(H,20,23)/t15-/m0/s1. The number of benzene rings is 1. The van der Waals surface area contributed by atoms with Gasteiger partial charge in [-0.25, -0.2) is 9.59 Å². The Morgan fingerprint density at radius 2 is 1.73 bits per heavy atom. The lowest BCUT2D eigenvalue weighted by molar-refractivity contribution is -0.145. The van der Waals surface area contributed by atoms with Crippen LogP contribution in [0.5, 0.6) is 5.75 Å². The molecule has 26 heavy (non-hydrogen) atoms. The quantitative estimate of drug-likeness (QED) is 0.562. The van der Waals surface area contributed by atoms with Crippen LogP contribution in [0, 0.1) is 0 Å². The fourth-order valence-electron chi connectivity index (χ4n) is 2.14. The number of nitrogens with one attached hydrogen (secondary N) is 1. The molecule has 0 saturated heterocycles. The normalized spacial score (nSPS) is 12.0. The van der Waals surface area contributed by atoms with E-state index in [9.17, 15) is 14.4 Å². The minimum Gasteiger partial charge on any atom is -0.497 e. The molecule has 1 aromatic carbocycles. The van der Waals surface area contributed by atoms with Gasteiger partial charge in [0.1, 0.15) is 17.4 Å². The summed E-state index contributed by atoms with van der Waals surface area (Å²) in [5.74, 6) is -0.0913. The number of methoxy groups -OCH3 is 1. The molecular formula is C19H27NO6. The van der Waals surface area contributed by atoms with Crippen LogP contribution in [0.1, 0.15) is 50.9 Å². The molecule has 0 fully saturated rings. The van der Waals surface area contributed by atoms with Crippen LogP contribution >= 0.6 is 0 Å². The highest BCUT2D eigenvalue weighted by atomic mass is 16.6. The first-order chi connectivity index (χ1) is 12.2. The van der Waals surface area contributed by atoms with Gasteiger partial charge in [-0.15, -0.1) is 0 Å². The van der Waals surface area contributed by atoms with E-state index in [0.29, 0.717) is 11.3 Å². The summed E-state index contributed by atoms with van der Waals surface area (Å²) in [6.45, 7) is 7.01. The minimum absolute atomic E-state index is 0.0750. The number of hydrogen-bond acceptors (Lipinski definition) is 6. The first-order valence-electron chi connectivity index (χ1n) is 8.49. The van der Waals surface area contributed by atoms with Crippen molar-refractivity contribution in [1.82, 2.24) is 5.32 Å². The molecule has 0 heterocycles. The Bertz CT molecular complexity index is 618. The molecule has 0 aliphatic rings. The molecule has 1 atom stereocenters. The van der Waals surface area contributed by atoms with Gasteiger partial charge >= 0.3 is 12.1 Å². The number of ketones is 1. The van der Waals surface area contributed by atoms with Crippen LogP contribution in [0.15, 0.2) is 24.3 Å². The molecule has 7 heteroatoms. The Morgan fingerprint density at radius 1 is 1.12 bits per heavy atom. The smallest absolute Gasteiger partial charge is 0.408 e. The fraction of sp³-hybridized carbons (Fsp3) is 0.526. The van der Waals surface area contributed by atoms with E-state index in [1.807, 2.05) is 0 Å². The summed E-state index contributed by atoms with van der Waals surface area (Å²) in [5, 5.41) is 2.48. The summed E-state index contributed by atoms with van der Waals surface area (Å²) in [6, 6.07) is 5.74. The zero-order valence-corrected chi connectivity index (χ0v) is 16.0. The molecule has 0 unspecified atom stereocenters. The van der Waals surface area contributed by atoms with Gasteiger partial charge in [-0.1, -0.05) is 0 Å². The van der Waals surface area contributed by atoms with Crippen molar-refractivity contribution in [3.63, 3.8) is 0 Å². The Balaban J connectivity index is 2.70. The summed E-state index contributed by atoms with van der Waals surface area (Å²) in [5.41, 5.74) is -0.187. The third kappa shape index (κ3) is 7.55. The molecule has 0 aliphatic carbocycles. The second-order valence-electron chi connectivity index (χ2n) is 6.64. The van der Waals surface area contributed by atoms with Gasteiger partial charge in [-0.3, -0.25) is 4.79 Å². The SMILES string of the molecule is CCOC(=O)[C@H](CCC(=O)c1ccc(OC)cc1)NC(=O)OC(C)(C)C. The van der Waals surface area contributed by atoms with E-state index in [0.717, 1.165) is 0 Å². The monoisotopic (exact) mass is 365 g/mol. The minimum atomic E-state index is -0.952. The van der Waals surface area contributed by atoms with Crippen LogP contribution in [0.2, 0.25) is 0 Å². The number of esters is 1. The Hall–Kier alpha value is -2.57. The van der Waals surface area contributed by atoms with Crippen LogP contribution in [-0.2, 0) is 14.3 Å². The van der Waals surface area contributed by atoms with E-state index in [-0.39, 0.29) is 25.2 Å². The van der Waals surface area contributed by atoms with Crippen LogP contribution in [-0.4, -0.2) is 43.2 Å². The topological polar surface area (TPSA) is 90.9 Å². The lowest BCUT2D eigenvalue weighted by Gasteiger charge is -2.22. The summed E-state index contributed by atoms with van der Waals surface area (Å²) in [7, 11) is 1.54. The zero-order valence-electron chi connectivity index (χ0n) is 16.0. The molecular weight excluding hydrogens is 338 g/mol. The first-order valence-corrected chi connectivity index (χ1v) is 8.49. The highest BCUT2D eigenvalue weighted by molar-refractivity contribution is 5.96. The maximum atomic E-state index is 12.3. The van der Waals surface area contributed by atoms with Gasteiger partial charge in [0.25, 0.3) is 0 Å². The van der Waals surface area contributed by atoms with E-state index in [1.165, 1.54) is 0 Å². The lowest BCUT2D eigenvalue weighted by atomic mass is 10.0. The predicted molar refractivity (Wildman–Crippen MR) is 96.3 cm³/mol. The Labute approximate surface area is 154 Å². The van der Waals surface area contributed by atoms with Crippen molar-refractivity contribution in [2.45, 2.75) is 52.2 Å². The highest BCUT2D eigenvalue weighted by Crippen LogP contribution is 2.14. The van der Waals surface area contributed by atoms with Gasteiger partial charge in [0.15, 0.2) is 5.78 Å². The summed E-state index contributed by atoms with van der Waals surface area (Å²) < 4.78 is 15.2. The maximum Gasteiger partial charge on any atom is 0.408 e. The average molecular weight is 365 g/mol. The van der Waals surface area contributed by atoms with Gasteiger partial charge in [0.2, 0.25) is 0 Å². The van der Waals surface area contributed by atoms with Crippen molar-refractivity contribution in [3.8, 4) is 5.75 Å².